The molecule has 32 heavy (non-hydrogen) atoms. The first-order chi connectivity index (χ1) is 15.4. The first kappa shape index (κ1) is 21.0. The maximum absolute atomic E-state index is 13.2. The number of halogens is 4. The Morgan fingerprint density at radius 3 is 2.66 bits per heavy atom. The first-order valence-electron chi connectivity index (χ1n) is 10.4. The largest absolute Gasteiger partial charge is 0.431 e. The zero-order valence-electron chi connectivity index (χ0n) is 17.0. The number of morpholine rings is 1. The normalized spacial score (nSPS) is 24.9. The van der Waals surface area contributed by atoms with Crippen LogP contribution in [0.2, 0.25) is 0 Å². The van der Waals surface area contributed by atoms with E-state index in [0.29, 0.717) is 49.1 Å². The van der Waals surface area contributed by atoms with Gasteiger partial charge in [0.15, 0.2) is 11.6 Å². The summed E-state index contributed by atoms with van der Waals surface area (Å²) in [4.78, 5) is 17.0. The molecule has 3 aliphatic rings. The number of ether oxygens (including phenoxy) is 2. The second-order valence-electron chi connectivity index (χ2n) is 8.22. The van der Waals surface area contributed by atoms with Gasteiger partial charge in [0.25, 0.3) is 0 Å². The van der Waals surface area contributed by atoms with E-state index in [-0.39, 0.29) is 30.3 Å². The summed E-state index contributed by atoms with van der Waals surface area (Å²) in [5.74, 6) is -0.221. The van der Waals surface area contributed by atoms with Crippen molar-refractivity contribution in [2.45, 2.75) is 38.0 Å². The number of nitrogens with two attached hydrogens (primary N) is 1. The lowest BCUT2D eigenvalue weighted by molar-refractivity contribution is -0.0494. The molecule has 2 bridgehead atoms. The minimum atomic E-state index is -3.05. The van der Waals surface area contributed by atoms with Crippen molar-refractivity contribution >= 4 is 17.6 Å². The second kappa shape index (κ2) is 8.23. The topological polar surface area (TPSA) is 89.6 Å². The first-order valence-corrected chi connectivity index (χ1v) is 10.4. The van der Waals surface area contributed by atoms with Crippen LogP contribution in [0.1, 0.15) is 12.8 Å². The van der Waals surface area contributed by atoms with E-state index in [1.165, 1.54) is 12.3 Å². The van der Waals surface area contributed by atoms with Crippen molar-refractivity contribution in [1.82, 2.24) is 15.0 Å². The number of nitrogen functional groups attached to an aromatic ring is 1. The molecule has 0 aliphatic carbocycles. The molecule has 3 aliphatic heterocycles. The fourth-order valence-electron chi connectivity index (χ4n) is 4.50. The number of pyridine rings is 1. The predicted molar refractivity (Wildman–Crippen MR) is 108 cm³/mol. The minimum Gasteiger partial charge on any atom is -0.431 e. The van der Waals surface area contributed by atoms with Crippen LogP contribution in [0.25, 0.3) is 11.3 Å². The van der Waals surface area contributed by atoms with Crippen LogP contribution in [0.4, 0.5) is 35.1 Å². The summed E-state index contributed by atoms with van der Waals surface area (Å²) in [6.07, 6.45) is 0.361. The summed E-state index contributed by atoms with van der Waals surface area (Å²) < 4.78 is 62.0. The molecule has 2 aromatic heterocycles. The van der Waals surface area contributed by atoms with Gasteiger partial charge in [0.2, 0.25) is 12.4 Å². The zero-order chi connectivity index (χ0) is 22.4. The van der Waals surface area contributed by atoms with E-state index < -0.39 is 19.0 Å². The predicted octanol–water partition coefficient (Wildman–Crippen LogP) is 2.79. The van der Waals surface area contributed by atoms with Crippen LogP contribution >= 0.6 is 0 Å². The molecule has 5 rings (SSSR count). The van der Waals surface area contributed by atoms with Gasteiger partial charge in [-0.05, 0) is 18.9 Å². The van der Waals surface area contributed by atoms with Crippen molar-refractivity contribution in [3.8, 4) is 17.0 Å². The molecule has 12 heteroatoms. The molecule has 2 aromatic rings. The third-order valence-corrected chi connectivity index (χ3v) is 6.15. The van der Waals surface area contributed by atoms with Crippen LogP contribution < -0.4 is 20.3 Å². The van der Waals surface area contributed by atoms with Gasteiger partial charge in [-0.3, -0.25) is 0 Å². The van der Waals surface area contributed by atoms with E-state index >= 15 is 0 Å². The van der Waals surface area contributed by atoms with Crippen LogP contribution in [0.15, 0.2) is 18.3 Å². The Balaban J connectivity index is 1.53. The summed E-state index contributed by atoms with van der Waals surface area (Å²) in [5.41, 5.74) is 6.48. The third-order valence-electron chi connectivity index (χ3n) is 6.15. The Labute approximate surface area is 181 Å². The molecule has 3 fully saturated rings. The fourth-order valence-corrected chi connectivity index (χ4v) is 4.50. The van der Waals surface area contributed by atoms with Crippen LogP contribution in [0.3, 0.4) is 0 Å². The quantitative estimate of drug-likeness (QED) is 0.667. The molecular formula is C20H22F4N6O2. The van der Waals surface area contributed by atoms with Crippen LogP contribution in [0, 0.1) is 5.92 Å². The molecule has 0 radical (unpaired) electrons. The van der Waals surface area contributed by atoms with E-state index in [9.17, 15) is 17.6 Å². The summed E-state index contributed by atoms with van der Waals surface area (Å²) in [6.45, 7) is -1.24. The van der Waals surface area contributed by atoms with Crippen molar-refractivity contribution in [2.75, 3.05) is 41.8 Å². The van der Waals surface area contributed by atoms with E-state index in [1.807, 2.05) is 0 Å². The lowest BCUT2D eigenvalue weighted by atomic mass is 10.1. The van der Waals surface area contributed by atoms with Crippen molar-refractivity contribution < 1.29 is 27.0 Å². The molecule has 3 atom stereocenters. The number of hydrogen-bond acceptors (Lipinski definition) is 8. The molecule has 5 heterocycles. The summed E-state index contributed by atoms with van der Waals surface area (Å²) in [7, 11) is 0. The molecule has 0 amide bonds. The highest BCUT2D eigenvalue weighted by molar-refractivity contribution is 5.68. The monoisotopic (exact) mass is 454 g/mol. The fraction of sp³-hybridized carbons (Fsp3) is 0.550. The molecule has 0 aromatic carbocycles. The average molecular weight is 454 g/mol. The molecular weight excluding hydrogens is 432 g/mol. The van der Waals surface area contributed by atoms with Gasteiger partial charge in [-0.15, -0.1) is 0 Å². The van der Waals surface area contributed by atoms with Crippen LogP contribution in [0.5, 0.6) is 5.75 Å². The number of anilines is 3. The van der Waals surface area contributed by atoms with Gasteiger partial charge in [0.1, 0.15) is 5.82 Å². The van der Waals surface area contributed by atoms with Gasteiger partial charge >= 0.3 is 6.61 Å². The van der Waals surface area contributed by atoms with Gasteiger partial charge in [-0.1, -0.05) is 0 Å². The van der Waals surface area contributed by atoms with Gasteiger partial charge in [0.05, 0.1) is 24.4 Å². The van der Waals surface area contributed by atoms with Gasteiger partial charge in [-0.2, -0.15) is 13.8 Å². The number of nitrogens with zero attached hydrogens (tertiary/aromatic N) is 5. The highest BCUT2D eigenvalue weighted by atomic mass is 19.3. The van der Waals surface area contributed by atoms with E-state index in [2.05, 4.69) is 24.6 Å². The zero-order valence-corrected chi connectivity index (χ0v) is 17.0. The molecule has 3 unspecified atom stereocenters. The van der Waals surface area contributed by atoms with Gasteiger partial charge in [-0.25, -0.2) is 18.7 Å². The molecule has 172 valence electrons. The number of hydrogen-bond donors (Lipinski definition) is 1. The van der Waals surface area contributed by atoms with Crippen molar-refractivity contribution in [3.05, 3.63) is 18.3 Å². The lowest BCUT2D eigenvalue weighted by Gasteiger charge is -2.29. The van der Waals surface area contributed by atoms with Gasteiger partial charge < -0.3 is 25.0 Å². The SMILES string of the molecule is Nc1ncc(-c2cc(N3CC4CC3CO4)nc(N3CCC(C(F)F)C3)n2)cc1OC(F)F. The summed E-state index contributed by atoms with van der Waals surface area (Å²) >= 11 is 0. The standard InChI is InChI=1S/C20H22F4N6O2/c21-17(22)10-1-2-29(7-10)20-27-14(11-3-15(32-19(23)24)18(25)26-6-11)5-16(28-20)30-8-13-4-12(30)9-31-13/h3,5-6,10,12-13,17,19H,1-2,4,7-9H2,(H2,25,26). The summed E-state index contributed by atoms with van der Waals surface area (Å²) in [6, 6.07) is 3.25. The number of rotatable bonds is 6. The molecule has 0 spiro atoms. The highest BCUT2D eigenvalue weighted by Crippen LogP contribution is 2.36. The Hall–Kier alpha value is -2.89. The Morgan fingerprint density at radius 1 is 1.16 bits per heavy atom. The molecule has 3 saturated heterocycles. The molecule has 2 N–H and O–H groups in total. The van der Waals surface area contributed by atoms with Crippen LogP contribution in [-0.2, 0) is 4.74 Å². The van der Waals surface area contributed by atoms with Crippen molar-refractivity contribution in [2.24, 2.45) is 5.92 Å². The number of alkyl halides is 4. The third kappa shape index (κ3) is 3.98. The lowest BCUT2D eigenvalue weighted by Crippen LogP contribution is -2.38. The van der Waals surface area contributed by atoms with E-state index in [4.69, 9.17) is 10.5 Å². The van der Waals surface area contributed by atoms with Crippen LogP contribution in [-0.4, -0.2) is 66.4 Å². The van der Waals surface area contributed by atoms with E-state index in [0.717, 1.165) is 6.42 Å². The molecule has 8 nitrogen and oxygen atoms in total. The Morgan fingerprint density at radius 2 is 2.00 bits per heavy atom. The van der Waals surface area contributed by atoms with E-state index in [1.54, 1.807) is 11.0 Å². The second-order valence-corrected chi connectivity index (χ2v) is 8.22. The smallest absolute Gasteiger partial charge is 0.387 e. The highest BCUT2D eigenvalue weighted by Gasteiger charge is 2.40. The Bertz CT molecular complexity index is 997. The maximum atomic E-state index is 13.2. The minimum absolute atomic E-state index is 0.126. The van der Waals surface area contributed by atoms with Crippen molar-refractivity contribution in [1.29, 1.82) is 0 Å². The average Bonchev–Trinajstić information content (AvgIpc) is 3.51. The molecule has 0 saturated carbocycles. The number of fused-ring (bicyclic) bond motifs is 2. The Kier molecular flexibility index (Phi) is 5.39. The maximum Gasteiger partial charge on any atom is 0.387 e. The van der Waals surface area contributed by atoms with Crippen molar-refractivity contribution in [3.63, 3.8) is 0 Å². The summed E-state index contributed by atoms with van der Waals surface area (Å²) in [5, 5.41) is 0. The van der Waals surface area contributed by atoms with Gasteiger partial charge in [0, 0.05) is 43.4 Å². The number of aromatic nitrogens is 3.